The van der Waals surface area contributed by atoms with Crippen molar-refractivity contribution in [3.63, 3.8) is 0 Å². The summed E-state index contributed by atoms with van der Waals surface area (Å²) in [5, 5.41) is 10.3. The Labute approximate surface area is 160 Å². The summed E-state index contributed by atoms with van der Waals surface area (Å²) in [7, 11) is 5.83. The molecule has 146 valence electrons. The lowest BCUT2D eigenvalue weighted by atomic mass is 9.35. The summed E-state index contributed by atoms with van der Waals surface area (Å²) >= 11 is 0. The highest BCUT2D eigenvalue weighted by Crippen LogP contribution is 2.75. The number of fused-ring (bicyclic) bond motifs is 2. The first-order valence-electron chi connectivity index (χ1n) is 10.3. The Balaban J connectivity index is 1.67. The van der Waals surface area contributed by atoms with E-state index in [0.29, 0.717) is 6.04 Å². The fourth-order valence-electron chi connectivity index (χ4n) is 8.19. The van der Waals surface area contributed by atoms with Crippen LogP contribution in [0, 0.1) is 11.3 Å². The molecule has 6 aliphatic rings. The lowest BCUT2D eigenvalue weighted by Crippen LogP contribution is -2.81. The summed E-state index contributed by atoms with van der Waals surface area (Å²) in [6, 6.07) is 4.80. The van der Waals surface area contributed by atoms with Gasteiger partial charge in [-0.3, -0.25) is 0 Å². The van der Waals surface area contributed by atoms with Crippen LogP contribution in [0.15, 0.2) is 12.1 Å². The molecular formula is C22H29NO4. The van der Waals surface area contributed by atoms with Crippen LogP contribution in [0.5, 0.6) is 11.5 Å². The number of rotatable bonds is 3. The summed E-state index contributed by atoms with van der Waals surface area (Å²) in [6.45, 7) is 1.27. The zero-order valence-corrected chi connectivity index (χ0v) is 16.5. The van der Waals surface area contributed by atoms with E-state index >= 15 is 0 Å². The number of piperidine rings is 1. The van der Waals surface area contributed by atoms with Gasteiger partial charge in [0.1, 0.15) is 23.2 Å². The molecule has 5 nitrogen and oxygen atoms in total. The minimum absolute atomic E-state index is 0.00740. The molecule has 2 heterocycles. The molecule has 4 bridgehead atoms. The number of ether oxygens (including phenoxy) is 3. The average molecular weight is 371 g/mol. The number of methoxy groups -OCH3 is 2. The summed E-state index contributed by atoms with van der Waals surface area (Å²) in [6.07, 6.45) is 5.33. The van der Waals surface area contributed by atoms with Crippen LogP contribution in [0.3, 0.4) is 0 Å². The molecule has 4 fully saturated rings. The smallest absolute Gasteiger partial charge is 0.138 e. The maximum absolute atomic E-state index is 10.3. The Morgan fingerprint density at radius 3 is 2.85 bits per heavy atom. The third-order valence-electron chi connectivity index (χ3n) is 9.17. The molecule has 0 unspecified atom stereocenters. The number of benzene rings is 1. The van der Waals surface area contributed by atoms with Crippen LogP contribution in [0.1, 0.15) is 36.8 Å². The molecule has 1 saturated heterocycles. The second-order valence-electron chi connectivity index (χ2n) is 9.48. The number of hydrogen-bond acceptors (Lipinski definition) is 5. The predicted octanol–water partition coefficient (Wildman–Crippen LogP) is 2.13. The second kappa shape index (κ2) is 5.00. The van der Waals surface area contributed by atoms with Crippen molar-refractivity contribution in [2.24, 2.45) is 11.3 Å². The molecule has 1 aromatic rings. The molecule has 6 atom stereocenters. The van der Waals surface area contributed by atoms with Crippen molar-refractivity contribution in [1.82, 2.24) is 4.90 Å². The van der Waals surface area contributed by atoms with E-state index in [1.54, 1.807) is 7.11 Å². The molecular weight excluding hydrogens is 342 g/mol. The van der Waals surface area contributed by atoms with E-state index in [9.17, 15) is 5.11 Å². The van der Waals surface area contributed by atoms with E-state index in [2.05, 4.69) is 24.1 Å². The first-order chi connectivity index (χ1) is 13.1. The second-order valence-corrected chi connectivity index (χ2v) is 9.48. The van der Waals surface area contributed by atoms with Gasteiger partial charge in [0.2, 0.25) is 0 Å². The molecule has 3 saturated carbocycles. The SMILES string of the molecule is COc1cc2c3c(c1)O[C@H]1[C@]4(OC)CC[C@@]5(C[C@@H]4CO)[C@@H](C2)N(C)CC[C@]315. The third kappa shape index (κ3) is 1.55. The first-order valence-corrected chi connectivity index (χ1v) is 10.3. The zero-order valence-electron chi connectivity index (χ0n) is 16.5. The molecule has 0 radical (unpaired) electrons. The van der Waals surface area contributed by atoms with E-state index in [1.165, 1.54) is 11.1 Å². The maximum atomic E-state index is 10.3. The lowest BCUT2D eigenvalue weighted by Gasteiger charge is -2.73. The Kier molecular flexibility index (Phi) is 3.08. The van der Waals surface area contributed by atoms with Crippen molar-refractivity contribution in [2.75, 3.05) is 34.4 Å². The molecule has 0 aromatic heterocycles. The fraction of sp³-hybridized carbons (Fsp3) is 0.727. The summed E-state index contributed by atoms with van der Waals surface area (Å²) in [5.74, 6) is 2.03. The normalized spacial score (nSPS) is 46.1. The van der Waals surface area contributed by atoms with Crippen LogP contribution >= 0.6 is 0 Å². The van der Waals surface area contributed by atoms with Gasteiger partial charge in [-0.2, -0.15) is 0 Å². The minimum Gasteiger partial charge on any atom is -0.497 e. The highest BCUT2D eigenvalue weighted by molar-refractivity contribution is 5.61. The first kappa shape index (κ1) is 16.6. The molecule has 1 aromatic carbocycles. The Morgan fingerprint density at radius 2 is 2.11 bits per heavy atom. The van der Waals surface area contributed by atoms with Crippen LogP contribution in [-0.2, 0) is 16.6 Å². The molecule has 1 N–H and O–H groups in total. The zero-order chi connectivity index (χ0) is 18.6. The molecule has 27 heavy (non-hydrogen) atoms. The van der Waals surface area contributed by atoms with Crippen LogP contribution in [0.4, 0.5) is 0 Å². The van der Waals surface area contributed by atoms with E-state index in [4.69, 9.17) is 14.2 Å². The van der Waals surface area contributed by atoms with Gasteiger partial charge in [0.15, 0.2) is 0 Å². The van der Waals surface area contributed by atoms with E-state index in [-0.39, 0.29) is 29.5 Å². The van der Waals surface area contributed by atoms with Gasteiger partial charge in [-0.1, -0.05) is 0 Å². The van der Waals surface area contributed by atoms with E-state index in [0.717, 1.165) is 50.1 Å². The quantitative estimate of drug-likeness (QED) is 0.882. The maximum Gasteiger partial charge on any atom is 0.138 e. The number of likely N-dealkylation sites (tertiary alicyclic amines) is 1. The number of aliphatic hydroxyl groups is 1. The fourth-order valence-corrected chi connectivity index (χ4v) is 8.19. The average Bonchev–Trinajstić information content (AvgIpc) is 3.05. The summed E-state index contributed by atoms with van der Waals surface area (Å²) < 4.78 is 18.6. The Bertz CT molecular complexity index is 827. The van der Waals surface area contributed by atoms with Gasteiger partial charge in [0.25, 0.3) is 0 Å². The van der Waals surface area contributed by atoms with Crippen molar-refractivity contribution in [3.8, 4) is 11.5 Å². The van der Waals surface area contributed by atoms with Crippen LogP contribution in [-0.4, -0.2) is 62.2 Å². The predicted molar refractivity (Wildman–Crippen MR) is 100 cm³/mol. The summed E-state index contributed by atoms with van der Waals surface area (Å²) in [4.78, 5) is 2.57. The van der Waals surface area contributed by atoms with Crippen LogP contribution in [0.25, 0.3) is 0 Å². The van der Waals surface area contributed by atoms with Gasteiger partial charge < -0.3 is 24.2 Å². The van der Waals surface area contributed by atoms with Gasteiger partial charge in [-0.25, -0.2) is 0 Å². The summed E-state index contributed by atoms with van der Waals surface area (Å²) in [5.41, 5.74) is 2.63. The van der Waals surface area contributed by atoms with Crippen molar-refractivity contribution in [1.29, 1.82) is 0 Å². The van der Waals surface area contributed by atoms with Crippen molar-refractivity contribution < 1.29 is 19.3 Å². The highest BCUT2D eigenvalue weighted by Gasteiger charge is 2.80. The number of hydrogen-bond donors (Lipinski definition) is 1. The van der Waals surface area contributed by atoms with Gasteiger partial charge in [0.05, 0.1) is 7.11 Å². The largest absolute Gasteiger partial charge is 0.497 e. The molecule has 4 aliphatic carbocycles. The van der Waals surface area contributed by atoms with Gasteiger partial charge in [-0.05, 0) is 57.3 Å². The third-order valence-corrected chi connectivity index (χ3v) is 9.17. The lowest BCUT2D eigenvalue weighted by molar-refractivity contribution is -0.279. The topological polar surface area (TPSA) is 51.2 Å². The van der Waals surface area contributed by atoms with E-state index < -0.39 is 5.60 Å². The molecule has 5 heteroatoms. The van der Waals surface area contributed by atoms with Gasteiger partial charge in [-0.15, -0.1) is 0 Å². The van der Waals surface area contributed by atoms with Crippen molar-refractivity contribution in [3.05, 3.63) is 23.3 Å². The molecule has 2 spiro atoms. The van der Waals surface area contributed by atoms with Crippen LogP contribution < -0.4 is 9.47 Å². The minimum atomic E-state index is -0.391. The number of nitrogens with zero attached hydrogens (tertiary/aromatic N) is 1. The van der Waals surface area contributed by atoms with Gasteiger partial charge in [0, 0.05) is 48.1 Å². The highest BCUT2D eigenvalue weighted by atomic mass is 16.6. The van der Waals surface area contributed by atoms with E-state index in [1.807, 2.05) is 7.11 Å². The van der Waals surface area contributed by atoms with Crippen LogP contribution in [0.2, 0.25) is 0 Å². The number of likely N-dealkylation sites (N-methyl/N-ethyl adjacent to an activating group) is 1. The monoisotopic (exact) mass is 371 g/mol. The Hall–Kier alpha value is -1.30. The Morgan fingerprint density at radius 1 is 1.26 bits per heavy atom. The standard InChI is InChI=1S/C22H29NO4/c1-23-7-6-21-18-13-8-15(25-2)10-16(18)27-19(21)22(26-3)5-4-20(21,17(23)9-13)11-14(22)12-24/h8,10,14,17,19,24H,4-7,9,11-12H2,1-3H3/t14-,17-,19-,20-,21+,22+/m1/s1. The molecule has 0 amide bonds. The molecule has 2 aliphatic heterocycles. The number of aliphatic hydroxyl groups excluding tert-OH is 1. The van der Waals surface area contributed by atoms with Crippen molar-refractivity contribution >= 4 is 0 Å². The molecule has 7 rings (SSSR count). The van der Waals surface area contributed by atoms with Crippen molar-refractivity contribution in [2.45, 2.75) is 55.3 Å². The van der Waals surface area contributed by atoms with Gasteiger partial charge >= 0.3 is 0 Å².